The molecule has 0 aliphatic carbocycles. The fourth-order valence-electron chi connectivity index (χ4n) is 2.94. The Morgan fingerprint density at radius 1 is 1.15 bits per heavy atom. The Balaban J connectivity index is 1.69. The number of fused-ring (bicyclic) bond motifs is 1. The lowest BCUT2D eigenvalue weighted by atomic mass is 10.2. The maximum absolute atomic E-state index is 13.2. The molecule has 0 saturated heterocycles. The van der Waals surface area contributed by atoms with Gasteiger partial charge in [-0.1, -0.05) is 0 Å². The zero-order chi connectivity index (χ0) is 23.8. The van der Waals surface area contributed by atoms with E-state index in [1.165, 1.54) is 31.4 Å². The van der Waals surface area contributed by atoms with Crippen molar-refractivity contribution in [2.45, 2.75) is 6.18 Å². The first-order valence-electron chi connectivity index (χ1n) is 9.16. The molecule has 4 N–H and O–H groups in total. The number of anilines is 4. The van der Waals surface area contributed by atoms with Crippen LogP contribution in [-0.2, 0) is 6.18 Å². The van der Waals surface area contributed by atoms with E-state index in [-0.39, 0.29) is 28.8 Å². The number of nitrogens with one attached hydrogen (secondary N) is 3. The SMILES string of the molecule is COc1cc(Nc2ncc(C(=O)O)c(Nc3ccc4oc(=O)[nH]c4c3)n2)cc(C(F)(F)F)c1. The van der Waals surface area contributed by atoms with E-state index in [4.69, 9.17) is 9.15 Å². The van der Waals surface area contributed by atoms with Crippen molar-refractivity contribution in [1.82, 2.24) is 15.0 Å². The van der Waals surface area contributed by atoms with Crippen LogP contribution in [0.25, 0.3) is 11.1 Å². The van der Waals surface area contributed by atoms with E-state index in [9.17, 15) is 27.9 Å². The molecule has 33 heavy (non-hydrogen) atoms. The molecule has 2 aromatic heterocycles. The number of methoxy groups -OCH3 is 1. The minimum atomic E-state index is -4.61. The Bertz CT molecular complexity index is 1410. The van der Waals surface area contributed by atoms with Crippen LogP contribution < -0.4 is 21.1 Å². The van der Waals surface area contributed by atoms with Crippen molar-refractivity contribution in [3.05, 3.63) is 64.3 Å². The molecule has 0 radical (unpaired) electrons. The van der Waals surface area contributed by atoms with Gasteiger partial charge >= 0.3 is 17.9 Å². The lowest BCUT2D eigenvalue weighted by molar-refractivity contribution is -0.137. The number of carbonyl (C=O) groups is 1. The maximum atomic E-state index is 13.2. The number of ether oxygens (including phenoxy) is 1. The van der Waals surface area contributed by atoms with Gasteiger partial charge in [-0.3, -0.25) is 4.98 Å². The third kappa shape index (κ3) is 4.71. The lowest BCUT2D eigenvalue weighted by Crippen LogP contribution is -2.09. The van der Waals surface area contributed by atoms with Gasteiger partial charge < -0.3 is 24.9 Å². The highest BCUT2D eigenvalue weighted by Crippen LogP contribution is 2.35. The van der Waals surface area contributed by atoms with E-state index in [1.54, 1.807) is 0 Å². The first kappa shape index (κ1) is 21.7. The predicted molar refractivity (Wildman–Crippen MR) is 110 cm³/mol. The monoisotopic (exact) mass is 461 g/mol. The van der Waals surface area contributed by atoms with E-state index >= 15 is 0 Å². The van der Waals surface area contributed by atoms with Crippen LogP contribution in [0.3, 0.4) is 0 Å². The van der Waals surface area contributed by atoms with Gasteiger partial charge in [0.05, 0.1) is 18.2 Å². The summed E-state index contributed by atoms with van der Waals surface area (Å²) in [6.45, 7) is 0. The van der Waals surface area contributed by atoms with E-state index in [0.29, 0.717) is 16.8 Å². The highest BCUT2D eigenvalue weighted by molar-refractivity contribution is 5.94. The Labute approximate surface area is 182 Å². The Morgan fingerprint density at radius 2 is 1.94 bits per heavy atom. The molecule has 4 aromatic rings. The van der Waals surface area contributed by atoms with Gasteiger partial charge in [0, 0.05) is 23.6 Å². The summed E-state index contributed by atoms with van der Waals surface area (Å²) in [7, 11) is 1.23. The molecule has 0 atom stereocenters. The van der Waals surface area contributed by atoms with E-state index in [1.807, 2.05) is 0 Å². The Kier molecular flexibility index (Phi) is 5.37. The van der Waals surface area contributed by atoms with Crippen LogP contribution in [0.5, 0.6) is 5.75 Å². The molecule has 0 bridgehead atoms. The summed E-state index contributed by atoms with van der Waals surface area (Å²) in [5.41, 5.74) is -0.228. The number of nitrogens with zero attached hydrogens (tertiary/aromatic N) is 2. The molecule has 0 saturated carbocycles. The molecular formula is C20H14F3N5O5. The summed E-state index contributed by atoms with van der Waals surface area (Å²) < 4.78 is 49.3. The molecule has 13 heteroatoms. The van der Waals surface area contributed by atoms with E-state index < -0.39 is 23.5 Å². The van der Waals surface area contributed by atoms with Crippen molar-refractivity contribution in [3.63, 3.8) is 0 Å². The van der Waals surface area contributed by atoms with Crippen molar-refractivity contribution in [1.29, 1.82) is 0 Å². The number of halogens is 3. The minimum Gasteiger partial charge on any atom is -0.497 e. The molecule has 4 rings (SSSR count). The van der Waals surface area contributed by atoms with Crippen LogP contribution in [0.1, 0.15) is 15.9 Å². The zero-order valence-electron chi connectivity index (χ0n) is 16.6. The first-order chi connectivity index (χ1) is 15.6. The van der Waals surface area contributed by atoms with Crippen LogP contribution in [0.2, 0.25) is 0 Å². The standard InChI is InChI=1S/C20H14F3N5O5/c1-32-12-5-9(20(21,22)23)4-11(6-12)26-18-24-8-13(17(29)30)16(28-18)25-10-2-3-15-14(7-10)27-19(31)33-15/h2-8H,1H3,(H,27,31)(H,29,30)(H2,24,25,26,28). The molecular weight excluding hydrogens is 447 g/mol. The van der Waals surface area contributed by atoms with Crippen LogP contribution in [0.15, 0.2) is 51.8 Å². The number of carboxylic acid groups (broad SMARTS) is 1. The van der Waals surface area contributed by atoms with Gasteiger partial charge in [-0.25, -0.2) is 14.6 Å². The number of carboxylic acids is 1. The van der Waals surface area contributed by atoms with Crippen molar-refractivity contribution < 1.29 is 32.2 Å². The van der Waals surface area contributed by atoms with Crippen molar-refractivity contribution in [3.8, 4) is 5.75 Å². The molecule has 0 unspecified atom stereocenters. The van der Waals surface area contributed by atoms with Gasteiger partial charge in [-0.05, 0) is 30.3 Å². The smallest absolute Gasteiger partial charge is 0.417 e. The average molecular weight is 461 g/mol. The number of aromatic amines is 1. The van der Waals surface area contributed by atoms with Gasteiger partial charge in [0.2, 0.25) is 5.95 Å². The first-order valence-corrected chi connectivity index (χ1v) is 9.16. The molecule has 170 valence electrons. The minimum absolute atomic E-state index is 0.0203. The quantitative estimate of drug-likeness (QED) is 0.333. The topological polar surface area (TPSA) is 142 Å². The largest absolute Gasteiger partial charge is 0.497 e. The van der Waals surface area contributed by atoms with Crippen LogP contribution in [-0.4, -0.2) is 33.1 Å². The Morgan fingerprint density at radius 3 is 2.64 bits per heavy atom. The highest BCUT2D eigenvalue weighted by Gasteiger charge is 2.31. The van der Waals surface area contributed by atoms with Gasteiger partial charge in [0.25, 0.3) is 0 Å². The number of aromatic carboxylic acids is 1. The van der Waals surface area contributed by atoms with Crippen molar-refractivity contribution >= 4 is 40.2 Å². The lowest BCUT2D eigenvalue weighted by Gasteiger charge is -2.14. The number of oxazole rings is 1. The van der Waals surface area contributed by atoms with Crippen molar-refractivity contribution in [2.24, 2.45) is 0 Å². The third-order valence-electron chi connectivity index (χ3n) is 4.43. The maximum Gasteiger partial charge on any atom is 0.417 e. The second-order valence-electron chi connectivity index (χ2n) is 6.68. The number of hydrogen-bond acceptors (Lipinski definition) is 8. The van der Waals surface area contributed by atoms with Crippen LogP contribution in [0, 0.1) is 0 Å². The summed E-state index contributed by atoms with van der Waals surface area (Å²) in [6.07, 6.45) is -3.61. The highest BCUT2D eigenvalue weighted by atomic mass is 19.4. The van der Waals surface area contributed by atoms with Gasteiger partial charge in [-0.2, -0.15) is 18.2 Å². The predicted octanol–water partition coefficient (Wildman–Crippen LogP) is 4.12. The normalized spacial score (nSPS) is 11.4. The second-order valence-corrected chi connectivity index (χ2v) is 6.68. The van der Waals surface area contributed by atoms with E-state index in [2.05, 4.69) is 25.6 Å². The zero-order valence-corrected chi connectivity index (χ0v) is 16.6. The summed E-state index contributed by atoms with van der Waals surface area (Å²) in [5.74, 6) is -2.33. The molecule has 2 heterocycles. The summed E-state index contributed by atoms with van der Waals surface area (Å²) >= 11 is 0. The van der Waals surface area contributed by atoms with Crippen molar-refractivity contribution in [2.75, 3.05) is 17.7 Å². The number of hydrogen-bond donors (Lipinski definition) is 4. The van der Waals surface area contributed by atoms with E-state index in [0.717, 1.165) is 18.3 Å². The van der Waals surface area contributed by atoms with Gasteiger partial charge in [-0.15, -0.1) is 0 Å². The average Bonchev–Trinajstić information content (AvgIpc) is 3.12. The third-order valence-corrected chi connectivity index (χ3v) is 4.43. The molecule has 0 amide bonds. The van der Waals surface area contributed by atoms with Gasteiger partial charge in [0.1, 0.15) is 11.3 Å². The fourth-order valence-corrected chi connectivity index (χ4v) is 2.94. The molecule has 2 aromatic carbocycles. The molecule has 0 fully saturated rings. The summed E-state index contributed by atoms with van der Waals surface area (Å²) in [4.78, 5) is 33.3. The molecule has 0 aliphatic heterocycles. The number of benzene rings is 2. The Hall–Kier alpha value is -4.55. The number of aromatic nitrogens is 3. The summed E-state index contributed by atoms with van der Waals surface area (Å²) in [6, 6.07) is 7.50. The second kappa shape index (κ2) is 8.18. The van der Waals surface area contributed by atoms with Gasteiger partial charge in [0.15, 0.2) is 11.4 Å². The molecule has 0 aliphatic rings. The van der Waals surface area contributed by atoms with Crippen LogP contribution >= 0.6 is 0 Å². The number of alkyl halides is 3. The number of H-pyrrole nitrogens is 1. The summed E-state index contributed by atoms with van der Waals surface area (Å²) in [5, 5.41) is 14.9. The fraction of sp³-hybridized carbons (Fsp3) is 0.100. The number of rotatable bonds is 6. The molecule has 10 nitrogen and oxygen atoms in total. The van der Waals surface area contributed by atoms with Crippen LogP contribution in [0.4, 0.5) is 36.3 Å². The molecule has 0 spiro atoms.